The number of piperidine rings is 1. The highest BCUT2D eigenvalue weighted by atomic mass is 15.4. The first kappa shape index (κ1) is 12.3. The van der Waals surface area contributed by atoms with Crippen LogP contribution >= 0.6 is 0 Å². The van der Waals surface area contributed by atoms with Gasteiger partial charge in [0.25, 0.3) is 0 Å². The number of nitrogens with zero attached hydrogens (tertiary/aromatic N) is 3. The third-order valence-corrected chi connectivity index (χ3v) is 3.29. The number of guanidine groups is 1. The lowest BCUT2D eigenvalue weighted by Gasteiger charge is -2.35. The van der Waals surface area contributed by atoms with Crippen LogP contribution < -0.4 is 5.73 Å². The second-order valence-electron chi connectivity index (χ2n) is 4.93. The van der Waals surface area contributed by atoms with Crippen molar-refractivity contribution in [2.75, 3.05) is 26.2 Å². The van der Waals surface area contributed by atoms with Crippen molar-refractivity contribution in [2.45, 2.75) is 38.8 Å². The number of nitrogens with two attached hydrogens (primary N) is 1. The quantitative estimate of drug-likeness (QED) is 0.672. The predicted molar refractivity (Wildman–Crippen MR) is 70.7 cm³/mol. The van der Waals surface area contributed by atoms with Crippen molar-refractivity contribution in [1.29, 1.82) is 0 Å². The zero-order valence-electron chi connectivity index (χ0n) is 10.8. The minimum absolute atomic E-state index is 0.293. The Balaban J connectivity index is 2.04. The standard InChI is InChI=1S/C13H22N4/c1-3-4-7-16-9-11(2)15-13(16)17-8-5-6-12(14)10-17/h11-12H,5-10,14H2,1-2H3. The van der Waals surface area contributed by atoms with Gasteiger partial charge in [0.1, 0.15) is 0 Å². The molecule has 94 valence electrons. The van der Waals surface area contributed by atoms with Crippen LogP contribution in [0.1, 0.15) is 26.7 Å². The van der Waals surface area contributed by atoms with Gasteiger partial charge in [-0.2, -0.15) is 0 Å². The average Bonchev–Trinajstić information content (AvgIpc) is 2.68. The monoisotopic (exact) mass is 234 g/mol. The topological polar surface area (TPSA) is 44.9 Å². The van der Waals surface area contributed by atoms with Gasteiger partial charge in [-0.05, 0) is 26.7 Å². The highest BCUT2D eigenvalue weighted by molar-refractivity contribution is 5.82. The minimum Gasteiger partial charge on any atom is -0.341 e. The Kier molecular flexibility index (Phi) is 3.90. The molecule has 2 atom stereocenters. The van der Waals surface area contributed by atoms with Crippen LogP contribution in [0.15, 0.2) is 4.99 Å². The van der Waals surface area contributed by atoms with Crippen LogP contribution in [0.2, 0.25) is 0 Å². The number of hydrogen-bond acceptors (Lipinski definition) is 4. The van der Waals surface area contributed by atoms with Crippen molar-refractivity contribution >= 4 is 5.96 Å². The van der Waals surface area contributed by atoms with Crippen molar-refractivity contribution in [3.05, 3.63) is 0 Å². The van der Waals surface area contributed by atoms with E-state index in [-0.39, 0.29) is 0 Å². The largest absolute Gasteiger partial charge is 0.341 e. The van der Waals surface area contributed by atoms with Crippen LogP contribution in [0, 0.1) is 11.8 Å². The van der Waals surface area contributed by atoms with Crippen LogP contribution in [0.25, 0.3) is 0 Å². The van der Waals surface area contributed by atoms with E-state index in [2.05, 4.69) is 28.6 Å². The normalized spacial score (nSPS) is 28.8. The molecule has 0 saturated carbocycles. The van der Waals surface area contributed by atoms with Crippen molar-refractivity contribution in [1.82, 2.24) is 9.80 Å². The van der Waals surface area contributed by atoms with E-state index in [1.165, 1.54) is 6.42 Å². The van der Waals surface area contributed by atoms with Crippen LogP contribution in [-0.4, -0.2) is 54.0 Å². The maximum absolute atomic E-state index is 6.03. The fourth-order valence-corrected chi connectivity index (χ4v) is 2.50. The van der Waals surface area contributed by atoms with Gasteiger partial charge >= 0.3 is 0 Å². The van der Waals surface area contributed by atoms with Crippen molar-refractivity contribution in [3.63, 3.8) is 0 Å². The SMILES string of the molecule is CC#CCN1CC(C)N=C1N1CCCC(N)C1. The fraction of sp³-hybridized carbons (Fsp3) is 0.769. The molecule has 2 aliphatic heterocycles. The summed E-state index contributed by atoms with van der Waals surface area (Å²) in [6.45, 7) is 7.81. The van der Waals surface area contributed by atoms with Gasteiger partial charge in [-0.3, -0.25) is 0 Å². The Bertz CT molecular complexity index is 352. The van der Waals surface area contributed by atoms with Gasteiger partial charge in [-0.25, -0.2) is 4.99 Å². The maximum atomic E-state index is 6.03. The van der Waals surface area contributed by atoms with Gasteiger partial charge in [0, 0.05) is 25.7 Å². The molecule has 1 fully saturated rings. The number of hydrogen-bond donors (Lipinski definition) is 1. The first-order chi connectivity index (χ1) is 8.20. The van der Waals surface area contributed by atoms with Crippen molar-refractivity contribution in [3.8, 4) is 11.8 Å². The molecular weight excluding hydrogens is 212 g/mol. The van der Waals surface area contributed by atoms with Gasteiger partial charge in [-0.15, -0.1) is 5.92 Å². The molecule has 2 rings (SSSR count). The number of aliphatic imine (C=N–C) groups is 1. The lowest BCUT2D eigenvalue weighted by Crippen LogP contribution is -2.50. The summed E-state index contributed by atoms with van der Waals surface area (Å²) < 4.78 is 0. The van der Waals surface area contributed by atoms with E-state index in [0.29, 0.717) is 12.1 Å². The second-order valence-corrected chi connectivity index (χ2v) is 4.93. The Morgan fingerprint density at radius 1 is 1.47 bits per heavy atom. The molecule has 2 unspecified atom stereocenters. The molecular formula is C13H22N4. The van der Waals surface area contributed by atoms with E-state index in [1.54, 1.807) is 0 Å². The van der Waals surface area contributed by atoms with Gasteiger partial charge in [0.2, 0.25) is 0 Å². The third kappa shape index (κ3) is 2.92. The summed E-state index contributed by atoms with van der Waals surface area (Å²) in [6, 6.07) is 0.670. The second kappa shape index (κ2) is 5.42. The zero-order valence-corrected chi connectivity index (χ0v) is 10.8. The Labute approximate surface area is 104 Å². The molecule has 0 spiro atoms. The van der Waals surface area contributed by atoms with Gasteiger partial charge in [0.05, 0.1) is 12.6 Å². The average molecular weight is 234 g/mol. The van der Waals surface area contributed by atoms with Crippen molar-refractivity contribution in [2.24, 2.45) is 10.7 Å². The lowest BCUT2D eigenvalue weighted by atomic mass is 10.1. The highest BCUT2D eigenvalue weighted by Gasteiger charge is 2.28. The summed E-state index contributed by atoms with van der Waals surface area (Å²) in [7, 11) is 0. The molecule has 0 bridgehead atoms. The van der Waals surface area contributed by atoms with E-state index in [0.717, 1.165) is 38.6 Å². The Hall–Kier alpha value is -1.21. The predicted octanol–water partition coefficient (Wildman–Crippen LogP) is 0.493. The van der Waals surface area contributed by atoms with Crippen molar-refractivity contribution < 1.29 is 0 Å². The first-order valence-corrected chi connectivity index (χ1v) is 6.43. The smallest absolute Gasteiger partial charge is 0.197 e. The summed E-state index contributed by atoms with van der Waals surface area (Å²) in [5.74, 6) is 7.19. The molecule has 17 heavy (non-hydrogen) atoms. The third-order valence-electron chi connectivity index (χ3n) is 3.29. The zero-order chi connectivity index (χ0) is 12.3. The summed E-state index contributed by atoms with van der Waals surface area (Å²) in [6.07, 6.45) is 2.30. The molecule has 2 heterocycles. The van der Waals surface area contributed by atoms with E-state index in [1.807, 2.05) is 6.92 Å². The highest BCUT2D eigenvalue weighted by Crippen LogP contribution is 2.16. The molecule has 0 aliphatic carbocycles. The van der Waals surface area contributed by atoms with Gasteiger partial charge in [0.15, 0.2) is 5.96 Å². The van der Waals surface area contributed by atoms with E-state index >= 15 is 0 Å². The molecule has 1 saturated heterocycles. The van der Waals surface area contributed by atoms with E-state index in [9.17, 15) is 0 Å². The fourth-order valence-electron chi connectivity index (χ4n) is 2.50. The summed E-state index contributed by atoms with van der Waals surface area (Å²) >= 11 is 0. The molecule has 0 radical (unpaired) electrons. The van der Waals surface area contributed by atoms with E-state index in [4.69, 9.17) is 10.7 Å². The van der Waals surface area contributed by atoms with Gasteiger partial charge < -0.3 is 15.5 Å². The molecule has 2 aliphatic rings. The van der Waals surface area contributed by atoms with Crippen LogP contribution in [0.5, 0.6) is 0 Å². The number of rotatable bonds is 1. The van der Waals surface area contributed by atoms with Crippen LogP contribution in [0.4, 0.5) is 0 Å². The van der Waals surface area contributed by atoms with Crippen LogP contribution in [-0.2, 0) is 0 Å². The maximum Gasteiger partial charge on any atom is 0.197 e. The molecule has 0 aromatic rings. The Morgan fingerprint density at radius 2 is 2.29 bits per heavy atom. The summed E-state index contributed by atoms with van der Waals surface area (Å²) in [5.41, 5.74) is 6.03. The molecule has 4 heteroatoms. The molecule has 0 aromatic heterocycles. The van der Waals surface area contributed by atoms with Gasteiger partial charge in [-0.1, -0.05) is 5.92 Å². The molecule has 2 N–H and O–H groups in total. The van der Waals surface area contributed by atoms with E-state index < -0.39 is 0 Å². The Morgan fingerprint density at radius 3 is 3.00 bits per heavy atom. The first-order valence-electron chi connectivity index (χ1n) is 6.43. The molecule has 4 nitrogen and oxygen atoms in total. The number of likely N-dealkylation sites (tertiary alicyclic amines) is 1. The summed E-state index contributed by atoms with van der Waals surface area (Å²) in [5, 5.41) is 0. The lowest BCUT2D eigenvalue weighted by molar-refractivity contribution is 0.278. The molecule has 0 aromatic carbocycles. The minimum atomic E-state index is 0.293. The van der Waals surface area contributed by atoms with Crippen LogP contribution in [0.3, 0.4) is 0 Å². The summed E-state index contributed by atoms with van der Waals surface area (Å²) in [4.78, 5) is 9.33. The molecule has 0 amide bonds.